The molecule has 0 amide bonds. The van der Waals surface area contributed by atoms with Crippen LogP contribution in [-0.4, -0.2) is 17.6 Å². The molecule has 15 heavy (non-hydrogen) atoms. The normalized spacial score (nSPS) is 26.6. The summed E-state index contributed by atoms with van der Waals surface area (Å²) >= 11 is 0. The molecular weight excluding hydrogens is 193 g/mol. The van der Waals surface area contributed by atoms with Crippen LogP contribution in [0.3, 0.4) is 0 Å². The van der Waals surface area contributed by atoms with Crippen molar-refractivity contribution in [2.75, 3.05) is 6.54 Å². The predicted octanol–water partition coefficient (Wildman–Crippen LogP) is 1.28. The lowest BCUT2D eigenvalue weighted by Gasteiger charge is -2.27. The molecule has 1 aliphatic heterocycles. The third-order valence-electron chi connectivity index (χ3n) is 2.90. The Labute approximate surface area is 88.9 Å². The summed E-state index contributed by atoms with van der Waals surface area (Å²) in [7, 11) is 0. The van der Waals surface area contributed by atoms with Crippen molar-refractivity contribution in [3.05, 3.63) is 29.3 Å². The van der Waals surface area contributed by atoms with Crippen molar-refractivity contribution in [3.63, 3.8) is 0 Å². The fourth-order valence-electron chi connectivity index (χ4n) is 1.87. The van der Waals surface area contributed by atoms with Gasteiger partial charge in [-0.3, -0.25) is 4.98 Å². The van der Waals surface area contributed by atoms with Crippen molar-refractivity contribution in [3.8, 4) is 0 Å². The SMILES string of the molecule is Cc1ncc([C@@H]2CC[C@H](N)CN2)cc1F. The lowest BCUT2D eigenvalue weighted by Crippen LogP contribution is -2.41. The molecule has 2 atom stereocenters. The van der Waals surface area contributed by atoms with Gasteiger partial charge in [-0.1, -0.05) is 0 Å². The van der Waals surface area contributed by atoms with Gasteiger partial charge in [-0.05, 0) is 31.4 Å². The Kier molecular flexibility index (Phi) is 2.98. The van der Waals surface area contributed by atoms with Gasteiger partial charge < -0.3 is 11.1 Å². The third-order valence-corrected chi connectivity index (χ3v) is 2.90. The first-order valence-electron chi connectivity index (χ1n) is 5.28. The van der Waals surface area contributed by atoms with Gasteiger partial charge in [0.05, 0.1) is 5.69 Å². The average Bonchev–Trinajstić information content (AvgIpc) is 2.23. The number of nitrogens with two attached hydrogens (primary N) is 1. The Morgan fingerprint density at radius 2 is 2.33 bits per heavy atom. The zero-order valence-corrected chi connectivity index (χ0v) is 8.83. The molecule has 0 spiro atoms. The third kappa shape index (κ3) is 2.33. The second kappa shape index (κ2) is 4.24. The maximum atomic E-state index is 13.3. The number of rotatable bonds is 1. The highest BCUT2D eigenvalue weighted by Gasteiger charge is 2.19. The van der Waals surface area contributed by atoms with Crippen LogP contribution >= 0.6 is 0 Å². The molecule has 0 aromatic carbocycles. The molecule has 1 aromatic heterocycles. The summed E-state index contributed by atoms with van der Waals surface area (Å²) in [5, 5.41) is 3.30. The molecule has 0 bridgehead atoms. The van der Waals surface area contributed by atoms with E-state index in [0.717, 1.165) is 24.9 Å². The minimum atomic E-state index is -0.232. The maximum Gasteiger partial charge on any atom is 0.144 e. The molecule has 3 N–H and O–H groups in total. The molecule has 2 rings (SSSR count). The van der Waals surface area contributed by atoms with E-state index in [1.807, 2.05) is 0 Å². The van der Waals surface area contributed by atoms with Crippen LogP contribution in [0.1, 0.15) is 30.1 Å². The highest BCUT2D eigenvalue weighted by atomic mass is 19.1. The van der Waals surface area contributed by atoms with Crippen molar-refractivity contribution >= 4 is 0 Å². The van der Waals surface area contributed by atoms with Gasteiger partial charge >= 0.3 is 0 Å². The second-order valence-electron chi connectivity index (χ2n) is 4.13. The van der Waals surface area contributed by atoms with Crippen LogP contribution in [0.4, 0.5) is 4.39 Å². The van der Waals surface area contributed by atoms with E-state index in [4.69, 9.17) is 5.73 Å². The molecule has 1 aliphatic rings. The van der Waals surface area contributed by atoms with E-state index in [9.17, 15) is 4.39 Å². The standard InChI is InChI=1S/C11H16FN3/c1-7-10(12)4-8(5-14-7)11-3-2-9(13)6-15-11/h4-5,9,11,15H,2-3,6,13H2,1H3/t9-,11-/m0/s1. The smallest absolute Gasteiger partial charge is 0.144 e. The Morgan fingerprint density at radius 1 is 1.53 bits per heavy atom. The lowest BCUT2D eigenvalue weighted by molar-refractivity contribution is 0.371. The van der Waals surface area contributed by atoms with Gasteiger partial charge in [-0.25, -0.2) is 4.39 Å². The molecule has 82 valence electrons. The van der Waals surface area contributed by atoms with Gasteiger partial charge in [0.1, 0.15) is 5.82 Å². The number of halogens is 1. The monoisotopic (exact) mass is 209 g/mol. The fraction of sp³-hybridized carbons (Fsp3) is 0.545. The van der Waals surface area contributed by atoms with Gasteiger partial charge in [0.25, 0.3) is 0 Å². The number of hydrogen-bond donors (Lipinski definition) is 2. The highest BCUT2D eigenvalue weighted by Crippen LogP contribution is 2.22. The van der Waals surface area contributed by atoms with E-state index in [2.05, 4.69) is 10.3 Å². The van der Waals surface area contributed by atoms with E-state index >= 15 is 0 Å². The van der Waals surface area contributed by atoms with E-state index in [1.54, 1.807) is 19.2 Å². The number of pyridine rings is 1. The Hall–Kier alpha value is -1.00. The Balaban J connectivity index is 2.12. The number of nitrogens with zero attached hydrogens (tertiary/aromatic N) is 1. The van der Waals surface area contributed by atoms with Crippen LogP contribution in [0.2, 0.25) is 0 Å². The van der Waals surface area contributed by atoms with E-state index < -0.39 is 0 Å². The number of nitrogens with one attached hydrogen (secondary N) is 1. The van der Waals surface area contributed by atoms with Crippen LogP contribution < -0.4 is 11.1 Å². The van der Waals surface area contributed by atoms with E-state index in [1.165, 1.54) is 0 Å². The van der Waals surface area contributed by atoms with Gasteiger partial charge in [0.2, 0.25) is 0 Å². The summed E-state index contributed by atoms with van der Waals surface area (Å²) in [6.45, 7) is 2.46. The summed E-state index contributed by atoms with van der Waals surface area (Å²) in [5.74, 6) is -0.232. The van der Waals surface area contributed by atoms with Crippen LogP contribution in [0, 0.1) is 12.7 Å². The lowest BCUT2D eigenvalue weighted by atomic mass is 9.96. The van der Waals surface area contributed by atoms with Crippen LogP contribution in [0.15, 0.2) is 12.3 Å². The largest absolute Gasteiger partial charge is 0.327 e. The molecule has 4 heteroatoms. The van der Waals surface area contributed by atoms with Crippen molar-refractivity contribution in [1.82, 2.24) is 10.3 Å². The molecule has 2 heterocycles. The Morgan fingerprint density at radius 3 is 2.93 bits per heavy atom. The quantitative estimate of drug-likeness (QED) is 0.732. The molecule has 0 radical (unpaired) electrons. The summed E-state index contributed by atoms with van der Waals surface area (Å²) in [6, 6.07) is 1.99. The number of hydrogen-bond acceptors (Lipinski definition) is 3. The van der Waals surface area contributed by atoms with Crippen LogP contribution in [-0.2, 0) is 0 Å². The van der Waals surface area contributed by atoms with Crippen molar-refractivity contribution in [2.24, 2.45) is 5.73 Å². The first-order valence-corrected chi connectivity index (χ1v) is 5.28. The minimum Gasteiger partial charge on any atom is -0.327 e. The number of aromatic nitrogens is 1. The maximum absolute atomic E-state index is 13.3. The van der Waals surface area contributed by atoms with Crippen molar-refractivity contribution in [2.45, 2.75) is 31.8 Å². The van der Waals surface area contributed by atoms with Crippen molar-refractivity contribution in [1.29, 1.82) is 0 Å². The van der Waals surface area contributed by atoms with Gasteiger partial charge in [0.15, 0.2) is 0 Å². The van der Waals surface area contributed by atoms with Crippen molar-refractivity contribution < 1.29 is 4.39 Å². The molecule has 1 saturated heterocycles. The average molecular weight is 209 g/mol. The van der Waals surface area contributed by atoms with Crippen LogP contribution in [0.25, 0.3) is 0 Å². The molecule has 1 aromatic rings. The molecule has 3 nitrogen and oxygen atoms in total. The Bertz CT molecular complexity index is 346. The first kappa shape index (κ1) is 10.5. The highest BCUT2D eigenvalue weighted by molar-refractivity contribution is 5.19. The van der Waals surface area contributed by atoms with Gasteiger partial charge in [-0.2, -0.15) is 0 Å². The molecular formula is C11H16FN3. The second-order valence-corrected chi connectivity index (χ2v) is 4.13. The van der Waals surface area contributed by atoms with E-state index in [0.29, 0.717) is 5.69 Å². The fourth-order valence-corrected chi connectivity index (χ4v) is 1.87. The topological polar surface area (TPSA) is 50.9 Å². The summed E-state index contributed by atoms with van der Waals surface area (Å²) < 4.78 is 13.3. The summed E-state index contributed by atoms with van der Waals surface area (Å²) in [4.78, 5) is 4.03. The first-order chi connectivity index (χ1) is 7.16. The summed E-state index contributed by atoms with van der Waals surface area (Å²) in [5.41, 5.74) is 7.15. The minimum absolute atomic E-state index is 0.201. The number of aryl methyl sites for hydroxylation is 1. The van der Waals surface area contributed by atoms with Gasteiger partial charge in [0, 0.05) is 24.8 Å². The predicted molar refractivity (Wildman–Crippen MR) is 56.9 cm³/mol. The zero-order valence-electron chi connectivity index (χ0n) is 8.83. The molecule has 1 fully saturated rings. The summed E-state index contributed by atoms with van der Waals surface area (Å²) in [6.07, 6.45) is 3.67. The van der Waals surface area contributed by atoms with E-state index in [-0.39, 0.29) is 17.9 Å². The van der Waals surface area contributed by atoms with Crippen LogP contribution in [0.5, 0.6) is 0 Å². The number of piperidine rings is 1. The van der Waals surface area contributed by atoms with Gasteiger partial charge in [-0.15, -0.1) is 0 Å². The molecule has 0 unspecified atom stereocenters. The molecule has 0 saturated carbocycles. The molecule has 0 aliphatic carbocycles. The zero-order chi connectivity index (χ0) is 10.8.